The van der Waals surface area contributed by atoms with Crippen molar-refractivity contribution in [3.05, 3.63) is 58.0 Å². The highest BCUT2D eigenvalue weighted by atomic mass is 79.9. The number of halogens is 2. The van der Waals surface area contributed by atoms with Crippen LogP contribution in [0.3, 0.4) is 0 Å². The highest BCUT2D eigenvalue weighted by Crippen LogP contribution is 2.33. The SMILES string of the molecule is Clc1cc(Br)c2c(ccc3ccccc32)c1. The molecule has 0 fully saturated rings. The Morgan fingerprint density at radius 2 is 1.62 bits per heavy atom. The van der Waals surface area contributed by atoms with Gasteiger partial charge in [0.15, 0.2) is 0 Å². The second-order valence-corrected chi connectivity index (χ2v) is 5.06. The molecule has 0 heterocycles. The molecule has 0 radical (unpaired) electrons. The summed E-state index contributed by atoms with van der Waals surface area (Å²) in [5, 5.41) is 5.65. The van der Waals surface area contributed by atoms with Crippen LogP contribution in [0.5, 0.6) is 0 Å². The van der Waals surface area contributed by atoms with Crippen LogP contribution in [0.1, 0.15) is 0 Å². The molecule has 0 aliphatic carbocycles. The van der Waals surface area contributed by atoms with Crippen LogP contribution in [0.25, 0.3) is 21.5 Å². The molecule has 0 aliphatic rings. The number of hydrogen-bond acceptors (Lipinski definition) is 0. The minimum absolute atomic E-state index is 0.759. The third kappa shape index (κ3) is 1.51. The fourth-order valence-corrected chi connectivity index (χ4v) is 3.11. The normalized spacial score (nSPS) is 11.1. The molecule has 0 unspecified atom stereocenters. The van der Waals surface area contributed by atoms with Crippen molar-refractivity contribution >= 4 is 49.1 Å². The Labute approximate surface area is 107 Å². The number of benzene rings is 3. The monoisotopic (exact) mass is 290 g/mol. The van der Waals surface area contributed by atoms with E-state index in [9.17, 15) is 0 Å². The quantitative estimate of drug-likeness (QED) is 0.486. The topological polar surface area (TPSA) is 0 Å². The van der Waals surface area contributed by atoms with Gasteiger partial charge >= 0.3 is 0 Å². The lowest BCUT2D eigenvalue weighted by Crippen LogP contribution is -1.79. The maximum absolute atomic E-state index is 6.05. The Balaban J connectivity index is 2.60. The van der Waals surface area contributed by atoms with E-state index in [1.807, 2.05) is 12.1 Å². The van der Waals surface area contributed by atoms with Gasteiger partial charge in [-0.15, -0.1) is 0 Å². The van der Waals surface area contributed by atoms with Crippen LogP contribution < -0.4 is 0 Å². The van der Waals surface area contributed by atoms with Crippen molar-refractivity contribution in [2.75, 3.05) is 0 Å². The first-order valence-corrected chi connectivity index (χ1v) is 6.19. The van der Waals surface area contributed by atoms with Gasteiger partial charge in [0.25, 0.3) is 0 Å². The van der Waals surface area contributed by atoms with Gasteiger partial charge in [0.05, 0.1) is 0 Å². The molecule has 3 aromatic rings. The van der Waals surface area contributed by atoms with E-state index < -0.39 is 0 Å². The fourth-order valence-electron chi connectivity index (χ4n) is 2.06. The zero-order chi connectivity index (χ0) is 11.1. The zero-order valence-electron chi connectivity index (χ0n) is 8.37. The molecule has 0 bridgehead atoms. The third-order valence-corrected chi connectivity index (χ3v) is 3.60. The molecule has 0 amide bonds. The largest absolute Gasteiger partial charge is 0.0843 e. The Hall–Kier alpha value is -1.05. The maximum atomic E-state index is 6.05. The first-order valence-electron chi connectivity index (χ1n) is 5.02. The Morgan fingerprint density at radius 3 is 2.50 bits per heavy atom. The predicted octanol–water partition coefficient (Wildman–Crippen LogP) is 5.41. The Morgan fingerprint density at radius 1 is 0.875 bits per heavy atom. The van der Waals surface area contributed by atoms with E-state index in [-0.39, 0.29) is 0 Å². The summed E-state index contributed by atoms with van der Waals surface area (Å²) in [6.07, 6.45) is 0. The summed E-state index contributed by atoms with van der Waals surface area (Å²) >= 11 is 9.63. The summed E-state index contributed by atoms with van der Waals surface area (Å²) in [6, 6.07) is 16.5. The smallest absolute Gasteiger partial charge is 0.0423 e. The second-order valence-electron chi connectivity index (χ2n) is 3.77. The minimum Gasteiger partial charge on any atom is -0.0843 e. The highest BCUT2D eigenvalue weighted by Gasteiger charge is 2.04. The third-order valence-electron chi connectivity index (χ3n) is 2.76. The molecule has 0 aliphatic heterocycles. The van der Waals surface area contributed by atoms with Gasteiger partial charge in [-0.25, -0.2) is 0 Å². The van der Waals surface area contributed by atoms with Crippen molar-refractivity contribution < 1.29 is 0 Å². The van der Waals surface area contributed by atoms with Gasteiger partial charge in [-0.3, -0.25) is 0 Å². The van der Waals surface area contributed by atoms with Crippen LogP contribution in [0, 0.1) is 0 Å². The fraction of sp³-hybridized carbons (Fsp3) is 0. The second kappa shape index (κ2) is 3.76. The van der Waals surface area contributed by atoms with Gasteiger partial charge < -0.3 is 0 Å². The van der Waals surface area contributed by atoms with Gasteiger partial charge in [-0.2, -0.15) is 0 Å². The molecule has 0 spiro atoms. The van der Waals surface area contributed by atoms with Gasteiger partial charge in [-0.05, 0) is 28.3 Å². The standard InChI is InChI=1S/C14H8BrCl/c15-13-8-11(16)7-10-6-5-9-3-1-2-4-12(9)14(10)13/h1-8H. The average molecular weight is 292 g/mol. The van der Waals surface area contributed by atoms with Gasteiger partial charge in [0, 0.05) is 14.9 Å². The minimum atomic E-state index is 0.759. The van der Waals surface area contributed by atoms with E-state index >= 15 is 0 Å². The maximum Gasteiger partial charge on any atom is 0.0423 e. The van der Waals surface area contributed by atoms with Gasteiger partial charge in [0.1, 0.15) is 0 Å². The van der Waals surface area contributed by atoms with Crippen molar-refractivity contribution in [1.29, 1.82) is 0 Å². The zero-order valence-corrected chi connectivity index (χ0v) is 10.7. The van der Waals surface area contributed by atoms with E-state index in [0.717, 1.165) is 14.9 Å². The predicted molar refractivity (Wildman–Crippen MR) is 74.2 cm³/mol. The van der Waals surface area contributed by atoms with Crippen LogP contribution in [-0.2, 0) is 0 Å². The van der Waals surface area contributed by atoms with Crippen LogP contribution in [0.4, 0.5) is 0 Å². The van der Waals surface area contributed by atoms with E-state index in [4.69, 9.17) is 11.6 Å². The summed E-state index contributed by atoms with van der Waals surface area (Å²) in [4.78, 5) is 0. The molecule has 3 rings (SSSR count). The summed E-state index contributed by atoms with van der Waals surface area (Å²) < 4.78 is 1.05. The van der Waals surface area contributed by atoms with Crippen LogP contribution in [0.15, 0.2) is 53.0 Å². The molecular formula is C14H8BrCl. The summed E-state index contributed by atoms with van der Waals surface area (Å²) in [5.74, 6) is 0. The summed E-state index contributed by atoms with van der Waals surface area (Å²) in [7, 11) is 0. The molecule has 0 saturated carbocycles. The van der Waals surface area contributed by atoms with Gasteiger partial charge in [-0.1, -0.05) is 63.9 Å². The molecule has 0 atom stereocenters. The van der Waals surface area contributed by atoms with Gasteiger partial charge in [0.2, 0.25) is 0 Å². The van der Waals surface area contributed by atoms with Crippen molar-refractivity contribution in [3.63, 3.8) is 0 Å². The number of fused-ring (bicyclic) bond motifs is 3. The van der Waals surface area contributed by atoms with E-state index in [0.29, 0.717) is 0 Å². The molecule has 0 N–H and O–H groups in total. The molecule has 2 heteroatoms. The molecule has 78 valence electrons. The molecule has 0 saturated heterocycles. The van der Waals surface area contributed by atoms with E-state index in [2.05, 4.69) is 52.3 Å². The average Bonchev–Trinajstić information content (AvgIpc) is 2.28. The van der Waals surface area contributed by atoms with Crippen LogP contribution >= 0.6 is 27.5 Å². The van der Waals surface area contributed by atoms with Crippen molar-refractivity contribution in [3.8, 4) is 0 Å². The molecule has 0 aromatic heterocycles. The molecule has 3 aromatic carbocycles. The van der Waals surface area contributed by atoms with Crippen LogP contribution in [0.2, 0.25) is 5.02 Å². The highest BCUT2D eigenvalue weighted by molar-refractivity contribution is 9.10. The first-order chi connectivity index (χ1) is 7.75. The first kappa shape index (κ1) is 10.1. The van der Waals surface area contributed by atoms with E-state index in [1.54, 1.807) is 0 Å². The summed E-state index contributed by atoms with van der Waals surface area (Å²) in [6.45, 7) is 0. The number of rotatable bonds is 0. The van der Waals surface area contributed by atoms with Crippen molar-refractivity contribution in [2.45, 2.75) is 0 Å². The molecular weight excluding hydrogens is 284 g/mol. The van der Waals surface area contributed by atoms with Crippen molar-refractivity contribution in [2.24, 2.45) is 0 Å². The summed E-state index contributed by atoms with van der Waals surface area (Å²) in [5.41, 5.74) is 0. The van der Waals surface area contributed by atoms with Crippen molar-refractivity contribution in [1.82, 2.24) is 0 Å². The molecule has 0 nitrogen and oxygen atoms in total. The Kier molecular flexibility index (Phi) is 2.38. The Bertz CT molecular complexity index is 689. The van der Waals surface area contributed by atoms with E-state index in [1.165, 1.54) is 16.2 Å². The number of hydrogen-bond donors (Lipinski definition) is 0. The molecule has 16 heavy (non-hydrogen) atoms. The lowest BCUT2D eigenvalue weighted by molar-refractivity contribution is 1.73. The lowest BCUT2D eigenvalue weighted by atomic mass is 10.0. The lowest BCUT2D eigenvalue weighted by Gasteiger charge is -2.06. The van der Waals surface area contributed by atoms with Crippen LogP contribution in [-0.4, -0.2) is 0 Å².